The van der Waals surface area contributed by atoms with E-state index in [1.807, 2.05) is 0 Å². The number of rotatable bonds is 3. The van der Waals surface area contributed by atoms with E-state index < -0.39 is 44.0 Å². The number of nitro groups is 1. The zero-order valence-corrected chi connectivity index (χ0v) is 10.8. The van der Waals surface area contributed by atoms with Gasteiger partial charge in [0.15, 0.2) is 5.78 Å². The predicted molar refractivity (Wildman–Crippen MR) is 60.8 cm³/mol. The van der Waals surface area contributed by atoms with Crippen LogP contribution in [0, 0.1) is 10.1 Å². The van der Waals surface area contributed by atoms with Crippen LogP contribution >= 0.6 is 27.5 Å². The van der Waals surface area contributed by atoms with Crippen molar-refractivity contribution in [2.24, 2.45) is 0 Å². The van der Waals surface area contributed by atoms with Crippen LogP contribution in [0.25, 0.3) is 0 Å². The van der Waals surface area contributed by atoms with Gasteiger partial charge in [-0.25, -0.2) is 0 Å². The molecule has 0 fully saturated rings. The van der Waals surface area contributed by atoms with Crippen molar-refractivity contribution < 1.29 is 22.9 Å². The third-order valence-electron chi connectivity index (χ3n) is 2.02. The maximum Gasteiger partial charge on any atom is 0.418 e. The van der Waals surface area contributed by atoms with Crippen molar-refractivity contribution in [1.29, 1.82) is 0 Å². The number of benzene rings is 1. The number of alkyl halides is 4. The molecule has 9 heteroatoms. The standard InChI is InChI=1S/C9H4BrClF3NO3/c10-8-5(15(17)18)2-1-4(6(16)3-11)7(8)9(12,13)14/h1-2H,3H2. The number of carbonyl (C=O) groups excluding carboxylic acids is 1. The Hall–Kier alpha value is -1.15. The second-order valence-corrected chi connectivity index (χ2v) is 4.19. The third kappa shape index (κ3) is 2.81. The van der Waals surface area contributed by atoms with Gasteiger partial charge >= 0.3 is 6.18 Å². The van der Waals surface area contributed by atoms with E-state index in [0.29, 0.717) is 0 Å². The number of halogens is 5. The molecule has 0 saturated heterocycles. The molecule has 0 aliphatic heterocycles. The van der Waals surface area contributed by atoms with Gasteiger partial charge in [-0.3, -0.25) is 14.9 Å². The number of carbonyl (C=O) groups is 1. The summed E-state index contributed by atoms with van der Waals surface area (Å²) < 4.78 is 37.6. The van der Waals surface area contributed by atoms with Gasteiger partial charge in [0.05, 0.1) is 16.4 Å². The third-order valence-corrected chi connectivity index (χ3v) is 3.07. The van der Waals surface area contributed by atoms with Crippen LogP contribution < -0.4 is 0 Å². The average molecular weight is 346 g/mol. The van der Waals surface area contributed by atoms with Crippen LogP contribution in [0.2, 0.25) is 0 Å². The first kappa shape index (κ1) is 14.9. The van der Waals surface area contributed by atoms with Crippen LogP contribution in [0.3, 0.4) is 0 Å². The van der Waals surface area contributed by atoms with Gasteiger partial charge in [-0.2, -0.15) is 13.2 Å². The summed E-state index contributed by atoms with van der Waals surface area (Å²) >= 11 is 7.71. The SMILES string of the molecule is O=C(CCl)c1ccc([N+](=O)[O-])c(Br)c1C(F)(F)F. The summed E-state index contributed by atoms with van der Waals surface area (Å²) in [6.07, 6.45) is -4.90. The topological polar surface area (TPSA) is 60.2 Å². The van der Waals surface area contributed by atoms with Gasteiger partial charge in [0.25, 0.3) is 5.69 Å². The van der Waals surface area contributed by atoms with Crippen LogP contribution in [-0.4, -0.2) is 16.6 Å². The lowest BCUT2D eigenvalue weighted by molar-refractivity contribution is -0.386. The maximum absolute atomic E-state index is 12.8. The minimum absolute atomic E-state index is 0.646. The molecule has 0 atom stereocenters. The summed E-state index contributed by atoms with van der Waals surface area (Å²) in [4.78, 5) is 20.9. The summed E-state index contributed by atoms with van der Waals surface area (Å²) in [5.41, 5.74) is -2.86. The second kappa shape index (κ2) is 5.23. The van der Waals surface area contributed by atoms with E-state index in [-0.39, 0.29) is 0 Å². The molecule has 1 rings (SSSR count). The molecule has 0 radical (unpaired) electrons. The van der Waals surface area contributed by atoms with Crippen molar-refractivity contribution in [2.75, 3.05) is 5.88 Å². The molecular formula is C9H4BrClF3NO3. The quantitative estimate of drug-likeness (QED) is 0.362. The van der Waals surface area contributed by atoms with Crippen LogP contribution in [0.1, 0.15) is 15.9 Å². The van der Waals surface area contributed by atoms with Gasteiger partial charge in [-0.1, -0.05) is 0 Å². The van der Waals surface area contributed by atoms with Gasteiger partial charge in [-0.05, 0) is 22.0 Å². The highest BCUT2D eigenvalue weighted by Crippen LogP contribution is 2.41. The average Bonchev–Trinajstić information content (AvgIpc) is 2.25. The van der Waals surface area contributed by atoms with Gasteiger partial charge in [-0.15, -0.1) is 11.6 Å². The van der Waals surface area contributed by atoms with E-state index >= 15 is 0 Å². The number of Topliss-reactive ketones (excluding diaryl/α,β-unsaturated/α-hetero) is 1. The van der Waals surface area contributed by atoms with Gasteiger partial charge in [0.1, 0.15) is 4.47 Å². The molecule has 0 aliphatic carbocycles. The van der Waals surface area contributed by atoms with Crippen molar-refractivity contribution in [2.45, 2.75) is 6.18 Å². The fourth-order valence-electron chi connectivity index (χ4n) is 1.29. The van der Waals surface area contributed by atoms with Crippen molar-refractivity contribution in [3.63, 3.8) is 0 Å². The lowest BCUT2D eigenvalue weighted by Crippen LogP contribution is -2.15. The maximum atomic E-state index is 12.8. The Labute approximate surface area is 112 Å². The number of hydrogen-bond acceptors (Lipinski definition) is 3. The number of nitro benzene ring substituents is 1. The van der Waals surface area contributed by atoms with E-state index in [1.165, 1.54) is 0 Å². The highest BCUT2D eigenvalue weighted by Gasteiger charge is 2.40. The molecule has 0 N–H and O–H groups in total. The summed E-state index contributed by atoms with van der Waals surface area (Å²) in [6.45, 7) is 0. The van der Waals surface area contributed by atoms with Crippen LogP contribution in [-0.2, 0) is 6.18 Å². The zero-order chi connectivity index (χ0) is 14.1. The highest BCUT2D eigenvalue weighted by molar-refractivity contribution is 9.10. The molecule has 0 aliphatic rings. The lowest BCUT2D eigenvalue weighted by atomic mass is 10.0. The normalized spacial score (nSPS) is 11.4. The monoisotopic (exact) mass is 345 g/mol. The van der Waals surface area contributed by atoms with Crippen molar-refractivity contribution in [3.8, 4) is 0 Å². The Morgan fingerprint density at radius 2 is 2.00 bits per heavy atom. The molecule has 0 bridgehead atoms. The first-order valence-corrected chi connectivity index (χ1v) is 5.66. The lowest BCUT2D eigenvalue weighted by Gasteiger charge is -2.13. The Bertz CT molecular complexity index is 519. The summed E-state index contributed by atoms with van der Waals surface area (Å²) in [5, 5.41) is 10.5. The van der Waals surface area contributed by atoms with Crippen LogP contribution in [0.4, 0.5) is 18.9 Å². The van der Waals surface area contributed by atoms with Gasteiger partial charge < -0.3 is 0 Å². The van der Waals surface area contributed by atoms with Crippen LogP contribution in [0.5, 0.6) is 0 Å². The molecule has 4 nitrogen and oxygen atoms in total. The summed E-state index contributed by atoms with van der Waals surface area (Å²) in [7, 11) is 0. The molecule has 1 aromatic rings. The summed E-state index contributed by atoms with van der Waals surface area (Å²) in [6, 6.07) is 1.57. The minimum atomic E-state index is -4.90. The molecular weight excluding hydrogens is 342 g/mol. The number of ketones is 1. The van der Waals surface area contributed by atoms with Gasteiger partial charge in [0.2, 0.25) is 0 Å². The van der Waals surface area contributed by atoms with Crippen molar-refractivity contribution in [1.82, 2.24) is 0 Å². The largest absolute Gasteiger partial charge is 0.418 e. The Kier molecular flexibility index (Phi) is 4.33. The molecule has 18 heavy (non-hydrogen) atoms. The van der Waals surface area contributed by atoms with Crippen LogP contribution in [0.15, 0.2) is 16.6 Å². The van der Waals surface area contributed by atoms with E-state index in [1.54, 1.807) is 0 Å². The molecule has 0 spiro atoms. The summed E-state index contributed by atoms with van der Waals surface area (Å²) in [5.74, 6) is -1.60. The van der Waals surface area contributed by atoms with E-state index in [2.05, 4.69) is 15.9 Å². The van der Waals surface area contributed by atoms with E-state index in [4.69, 9.17) is 11.6 Å². The first-order valence-electron chi connectivity index (χ1n) is 4.33. The smallest absolute Gasteiger partial charge is 0.293 e. The molecule has 0 heterocycles. The zero-order valence-electron chi connectivity index (χ0n) is 8.42. The highest BCUT2D eigenvalue weighted by atomic mass is 79.9. The molecule has 0 saturated carbocycles. The fourth-order valence-corrected chi connectivity index (χ4v) is 2.15. The predicted octanol–water partition coefficient (Wildman–Crippen LogP) is 3.80. The molecule has 1 aromatic carbocycles. The molecule has 98 valence electrons. The fraction of sp³-hybridized carbons (Fsp3) is 0.222. The number of hydrogen-bond donors (Lipinski definition) is 0. The van der Waals surface area contributed by atoms with E-state index in [0.717, 1.165) is 12.1 Å². The molecule has 0 unspecified atom stereocenters. The second-order valence-electron chi connectivity index (χ2n) is 3.13. The Morgan fingerprint density at radius 1 is 1.44 bits per heavy atom. The van der Waals surface area contributed by atoms with Crippen molar-refractivity contribution in [3.05, 3.63) is 37.8 Å². The van der Waals surface area contributed by atoms with E-state index in [9.17, 15) is 28.1 Å². The minimum Gasteiger partial charge on any atom is -0.293 e. The number of nitrogens with zero attached hydrogens (tertiary/aromatic N) is 1. The molecule has 0 amide bonds. The Balaban J connectivity index is 3.62. The Morgan fingerprint density at radius 3 is 2.39 bits per heavy atom. The molecule has 0 aromatic heterocycles. The van der Waals surface area contributed by atoms with Crippen molar-refractivity contribution >= 4 is 39.0 Å². The first-order chi connectivity index (χ1) is 8.20. The van der Waals surface area contributed by atoms with Gasteiger partial charge in [0, 0.05) is 11.6 Å².